The number of rotatable bonds is 9. The number of carbonyl (C=O) groups excluding carboxylic acids is 2. The average Bonchev–Trinajstić information content (AvgIpc) is 3.07. The van der Waals surface area contributed by atoms with E-state index in [0.29, 0.717) is 28.1 Å². The summed E-state index contributed by atoms with van der Waals surface area (Å²) in [5, 5.41) is 0. The van der Waals surface area contributed by atoms with Gasteiger partial charge in [-0.3, -0.25) is 9.69 Å². The van der Waals surface area contributed by atoms with Gasteiger partial charge in [0.05, 0.1) is 39.5 Å². The van der Waals surface area contributed by atoms with Crippen LogP contribution in [0.3, 0.4) is 0 Å². The Balaban J connectivity index is 2.33. The predicted molar refractivity (Wildman–Crippen MR) is 103 cm³/mol. The second-order valence-corrected chi connectivity index (χ2v) is 6.64. The molecule has 0 N–H and O–H groups in total. The highest BCUT2D eigenvalue weighted by Gasteiger charge is 2.24. The van der Waals surface area contributed by atoms with Crippen LogP contribution in [0.4, 0.5) is 0 Å². The third-order valence-corrected chi connectivity index (χ3v) is 4.73. The molecule has 1 aromatic heterocycles. The Bertz CT molecular complexity index is 834. The highest BCUT2D eigenvalue weighted by atomic mass is 79.9. The van der Waals surface area contributed by atoms with Crippen LogP contribution in [-0.2, 0) is 27.4 Å². The molecule has 8 nitrogen and oxygen atoms in total. The fourth-order valence-corrected chi connectivity index (χ4v) is 3.03. The smallest absolute Gasteiger partial charge is 0.374 e. The topological polar surface area (TPSA) is 87.4 Å². The van der Waals surface area contributed by atoms with E-state index in [4.69, 9.17) is 23.4 Å². The lowest BCUT2D eigenvalue weighted by molar-refractivity contribution is -0.142. The maximum absolute atomic E-state index is 12.0. The van der Waals surface area contributed by atoms with Crippen molar-refractivity contribution < 1.29 is 33.0 Å². The van der Waals surface area contributed by atoms with Gasteiger partial charge in [0.15, 0.2) is 0 Å². The standard InChI is InChI=1S/C19H22BrNO7/c1-24-13-6-5-12(16(7-13)25-2)8-21(10-17(22)26-3)9-14-15(20)11-28-18(14)19(23)27-4/h5-7,11H,8-10H2,1-4H3. The normalized spacial score (nSPS) is 10.6. The van der Waals surface area contributed by atoms with E-state index in [1.165, 1.54) is 20.5 Å². The van der Waals surface area contributed by atoms with Crippen LogP contribution in [0.15, 0.2) is 33.4 Å². The van der Waals surface area contributed by atoms with Crippen LogP contribution in [0.5, 0.6) is 11.5 Å². The summed E-state index contributed by atoms with van der Waals surface area (Å²) in [5.74, 6) is 0.345. The minimum Gasteiger partial charge on any atom is -0.497 e. The Hall–Kier alpha value is -2.52. The van der Waals surface area contributed by atoms with Gasteiger partial charge in [-0.1, -0.05) is 6.07 Å². The molecule has 0 saturated carbocycles. The highest BCUT2D eigenvalue weighted by molar-refractivity contribution is 9.10. The van der Waals surface area contributed by atoms with Crippen LogP contribution in [0.25, 0.3) is 0 Å². The van der Waals surface area contributed by atoms with E-state index in [2.05, 4.69) is 15.9 Å². The zero-order chi connectivity index (χ0) is 20.7. The lowest BCUT2D eigenvalue weighted by atomic mass is 10.1. The summed E-state index contributed by atoms with van der Waals surface area (Å²) in [4.78, 5) is 25.7. The van der Waals surface area contributed by atoms with Crippen molar-refractivity contribution >= 4 is 27.9 Å². The summed E-state index contributed by atoms with van der Waals surface area (Å²) in [6.07, 6.45) is 1.41. The van der Waals surface area contributed by atoms with E-state index in [9.17, 15) is 9.59 Å². The fraction of sp³-hybridized carbons (Fsp3) is 0.368. The van der Waals surface area contributed by atoms with Crippen molar-refractivity contribution in [3.8, 4) is 11.5 Å². The second kappa shape index (κ2) is 10.1. The quantitative estimate of drug-likeness (QED) is 0.533. The van der Waals surface area contributed by atoms with Crippen LogP contribution in [0.1, 0.15) is 21.7 Å². The third kappa shape index (κ3) is 5.26. The molecule has 0 aliphatic carbocycles. The molecule has 0 aliphatic rings. The molecule has 152 valence electrons. The van der Waals surface area contributed by atoms with Gasteiger partial charge in [0.1, 0.15) is 17.8 Å². The molecule has 0 saturated heterocycles. The molecular formula is C19H22BrNO7. The molecule has 0 unspecified atom stereocenters. The fourth-order valence-electron chi connectivity index (χ4n) is 2.63. The number of carbonyl (C=O) groups is 2. The number of halogens is 1. The first kappa shape index (κ1) is 21.8. The number of methoxy groups -OCH3 is 4. The van der Waals surface area contributed by atoms with Gasteiger partial charge in [0.25, 0.3) is 0 Å². The van der Waals surface area contributed by atoms with Crippen LogP contribution in [0.2, 0.25) is 0 Å². The second-order valence-electron chi connectivity index (χ2n) is 5.78. The molecule has 1 aromatic carbocycles. The van der Waals surface area contributed by atoms with Gasteiger partial charge in [-0.15, -0.1) is 0 Å². The number of hydrogen-bond acceptors (Lipinski definition) is 8. The average molecular weight is 456 g/mol. The van der Waals surface area contributed by atoms with Gasteiger partial charge >= 0.3 is 11.9 Å². The molecule has 0 aliphatic heterocycles. The number of esters is 2. The third-order valence-electron chi connectivity index (χ3n) is 4.06. The molecule has 2 aromatic rings. The van der Waals surface area contributed by atoms with Gasteiger partial charge in [-0.2, -0.15) is 0 Å². The molecule has 1 heterocycles. The predicted octanol–water partition coefficient (Wildman–Crippen LogP) is 3.02. The van der Waals surface area contributed by atoms with Crippen molar-refractivity contribution in [1.82, 2.24) is 4.90 Å². The molecule has 0 radical (unpaired) electrons. The minimum absolute atomic E-state index is 0.00389. The van der Waals surface area contributed by atoms with Gasteiger partial charge in [0, 0.05) is 30.3 Å². The van der Waals surface area contributed by atoms with Gasteiger partial charge in [0.2, 0.25) is 5.76 Å². The maximum atomic E-state index is 12.0. The maximum Gasteiger partial charge on any atom is 0.374 e. The van der Waals surface area contributed by atoms with E-state index in [0.717, 1.165) is 5.56 Å². The van der Waals surface area contributed by atoms with Crippen LogP contribution in [0, 0.1) is 0 Å². The highest BCUT2D eigenvalue weighted by Crippen LogP contribution is 2.29. The van der Waals surface area contributed by atoms with Crippen molar-refractivity contribution in [1.29, 1.82) is 0 Å². The molecular weight excluding hydrogens is 434 g/mol. The Morgan fingerprint density at radius 3 is 2.43 bits per heavy atom. The Morgan fingerprint density at radius 2 is 1.82 bits per heavy atom. The zero-order valence-corrected chi connectivity index (χ0v) is 17.7. The van der Waals surface area contributed by atoms with Crippen molar-refractivity contribution in [3.05, 3.63) is 45.8 Å². The number of benzene rings is 1. The zero-order valence-electron chi connectivity index (χ0n) is 16.1. The molecule has 28 heavy (non-hydrogen) atoms. The molecule has 2 rings (SSSR count). The lowest BCUT2D eigenvalue weighted by Crippen LogP contribution is -2.30. The monoisotopic (exact) mass is 455 g/mol. The van der Waals surface area contributed by atoms with Crippen LogP contribution < -0.4 is 9.47 Å². The van der Waals surface area contributed by atoms with Crippen molar-refractivity contribution in [3.63, 3.8) is 0 Å². The SMILES string of the molecule is COC(=O)CN(Cc1ccc(OC)cc1OC)Cc1c(Br)coc1C(=O)OC. The Labute approximate surface area is 171 Å². The Morgan fingerprint density at radius 1 is 1.07 bits per heavy atom. The van der Waals surface area contributed by atoms with Crippen LogP contribution >= 0.6 is 15.9 Å². The first-order chi connectivity index (χ1) is 13.4. The van der Waals surface area contributed by atoms with Gasteiger partial charge < -0.3 is 23.4 Å². The first-order valence-electron chi connectivity index (χ1n) is 8.27. The minimum atomic E-state index is -0.597. The first-order valence-corrected chi connectivity index (χ1v) is 9.07. The molecule has 9 heteroatoms. The van der Waals surface area contributed by atoms with E-state index >= 15 is 0 Å². The van der Waals surface area contributed by atoms with Crippen molar-refractivity contribution in [2.75, 3.05) is 35.0 Å². The molecule has 0 amide bonds. The Kier molecular flexibility index (Phi) is 7.89. The largest absolute Gasteiger partial charge is 0.497 e. The number of furan rings is 1. The lowest BCUT2D eigenvalue weighted by Gasteiger charge is -2.22. The van der Waals surface area contributed by atoms with Crippen molar-refractivity contribution in [2.24, 2.45) is 0 Å². The summed E-state index contributed by atoms with van der Waals surface area (Å²) in [5.41, 5.74) is 1.41. The van der Waals surface area contributed by atoms with E-state index in [1.807, 2.05) is 12.1 Å². The number of nitrogens with zero attached hydrogens (tertiary/aromatic N) is 1. The molecule has 0 spiro atoms. The van der Waals surface area contributed by atoms with E-state index in [1.54, 1.807) is 25.2 Å². The van der Waals surface area contributed by atoms with E-state index in [-0.39, 0.29) is 18.8 Å². The van der Waals surface area contributed by atoms with Gasteiger partial charge in [-0.05, 0) is 22.0 Å². The van der Waals surface area contributed by atoms with Crippen LogP contribution in [-0.4, -0.2) is 51.8 Å². The van der Waals surface area contributed by atoms with E-state index < -0.39 is 11.9 Å². The summed E-state index contributed by atoms with van der Waals surface area (Å²) in [7, 11) is 5.73. The summed E-state index contributed by atoms with van der Waals surface area (Å²) in [6.45, 7) is 0.607. The van der Waals surface area contributed by atoms with Gasteiger partial charge in [-0.25, -0.2) is 4.79 Å². The summed E-state index contributed by atoms with van der Waals surface area (Å²) in [6, 6.07) is 5.43. The molecule has 0 fully saturated rings. The number of hydrogen-bond donors (Lipinski definition) is 0. The summed E-state index contributed by atoms with van der Waals surface area (Å²) < 4.78 is 26.1. The summed E-state index contributed by atoms with van der Waals surface area (Å²) >= 11 is 3.37. The molecule has 0 bridgehead atoms. The molecule has 0 atom stereocenters. The van der Waals surface area contributed by atoms with Crippen molar-refractivity contribution in [2.45, 2.75) is 13.1 Å². The number of ether oxygens (including phenoxy) is 4.